The predicted octanol–water partition coefficient (Wildman–Crippen LogP) is 4.01. The fraction of sp³-hybridized carbons (Fsp3) is 0.267. The lowest BCUT2D eigenvalue weighted by molar-refractivity contribution is 0.938. The fourth-order valence-corrected chi connectivity index (χ4v) is 3.67. The number of aromatic nitrogens is 3. The molecule has 0 unspecified atom stereocenters. The molecule has 1 aliphatic heterocycles. The lowest BCUT2D eigenvalue weighted by Gasteiger charge is -2.16. The van der Waals surface area contributed by atoms with Crippen LogP contribution in [0.3, 0.4) is 0 Å². The van der Waals surface area contributed by atoms with Gasteiger partial charge >= 0.3 is 0 Å². The summed E-state index contributed by atoms with van der Waals surface area (Å²) >= 11 is 7.55. The molecule has 106 valence electrons. The van der Waals surface area contributed by atoms with Gasteiger partial charge in [0.25, 0.3) is 0 Å². The van der Waals surface area contributed by atoms with Gasteiger partial charge in [-0.2, -0.15) is 0 Å². The van der Waals surface area contributed by atoms with Crippen molar-refractivity contribution < 1.29 is 0 Å². The number of rotatable bonds is 2. The number of fused-ring (bicyclic) bond motifs is 1. The average molecular weight is 317 g/mol. The molecule has 0 N–H and O–H groups in total. The minimum absolute atomic E-state index is 0.479. The van der Waals surface area contributed by atoms with Crippen LogP contribution in [0.5, 0.6) is 0 Å². The molecule has 0 aromatic carbocycles. The van der Waals surface area contributed by atoms with E-state index in [1.165, 1.54) is 12.8 Å². The maximum Gasteiger partial charge on any atom is 0.131 e. The molecule has 0 bridgehead atoms. The molecule has 6 heteroatoms. The topological polar surface area (TPSA) is 41.9 Å². The molecule has 4 rings (SSSR count). The van der Waals surface area contributed by atoms with E-state index in [9.17, 15) is 0 Å². The summed E-state index contributed by atoms with van der Waals surface area (Å²) in [6, 6.07) is 5.93. The number of hydrogen-bond donors (Lipinski definition) is 0. The van der Waals surface area contributed by atoms with Crippen LogP contribution in [0.15, 0.2) is 30.6 Å². The summed E-state index contributed by atoms with van der Waals surface area (Å²) in [5, 5.41) is 1.46. The Morgan fingerprint density at radius 3 is 2.86 bits per heavy atom. The van der Waals surface area contributed by atoms with Crippen molar-refractivity contribution in [3.05, 3.63) is 35.7 Å². The molecule has 3 aromatic heterocycles. The van der Waals surface area contributed by atoms with Crippen LogP contribution in [0.25, 0.3) is 20.8 Å². The molecule has 4 heterocycles. The van der Waals surface area contributed by atoms with Gasteiger partial charge in [0.15, 0.2) is 0 Å². The predicted molar refractivity (Wildman–Crippen MR) is 87.1 cm³/mol. The van der Waals surface area contributed by atoms with Crippen LogP contribution in [0, 0.1) is 0 Å². The number of hydrogen-bond acceptors (Lipinski definition) is 5. The van der Waals surface area contributed by atoms with Crippen molar-refractivity contribution in [2.24, 2.45) is 0 Å². The number of thiazole rings is 1. The maximum absolute atomic E-state index is 5.92. The minimum Gasteiger partial charge on any atom is -0.357 e. The molecular weight excluding hydrogens is 304 g/mol. The second-order valence-corrected chi connectivity index (χ2v) is 6.51. The van der Waals surface area contributed by atoms with Gasteiger partial charge in [0.1, 0.15) is 16.0 Å². The summed E-state index contributed by atoms with van der Waals surface area (Å²) in [4.78, 5) is 15.6. The average Bonchev–Trinajstić information content (AvgIpc) is 3.16. The van der Waals surface area contributed by atoms with E-state index in [1.54, 1.807) is 23.6 Å². The minimum atomic E-state index is 0.479. The number of nitrogens with zero attached hydrogens (tertiary/aromatic N) is 4. The van der Waals surface area contributed by atoms with Gasteiger partial charge in [-0.05, 0) is 25.0 Å². The van der Waals surface area contributed by atoms with Gasteiger partial charge in [-0.15, -0.1) is 11.3 Å². The Morgan fingerprint density at radius 2 is 2.00 bits per heavy atom. The Balaban J connectivity index is 1.75. The van der Waals surface area contributed by atoms with Gasteiger partial charge < -0.3 is 4.90 Å². The molecular formula is C15H13ClN4S. The zero-order valence-electron chi connectivity index (χ0n) is 11.3. The van der Waals surface area contributed by atoms with E-state index in [-0.39, 0.29) is 0 Å². The van der Waals surface area contributed by atoms with Gasteiger partial charge in [0, 0.05) is 37.1 Å². The monoisotopic (exact) mass is 316 g/mol. The maximum atomic E-state index is 5.92. The van der Waals surface area contributed by atoms with Crippen molar-refractivity contribution in [1.29, 1.82) is 0 Å². The molecule has 1 saturated heterocycles. The Hall–Kier alpha value is -1.72. The fourth-order valence-electron chi connectivity index (χ4n) is 2.60. The molecule has 1 aliphatic rings. The van der Waals surface area contributed by atoms with E-state index in [0.29, 0.717) is 5.15 Å². The largest absolute Gasteiger partial charge is 0.357 e. The first-order valence-corrected chi connectivity index (χ1v) is 8.12. The van der Waals surface area contributed by atoms with Crippen molar-refractivity contribution in [2.45, 2.75) is 12.8 Å². The molecule has 3 aromatic rings. The molecule has 0 spiro atoms. The molecule has 0 amide bonds. The number of halogens is 1. The molecule has 21 heavy (non-hydrogen) atoms. The smallest absolute Gasteiger partial charge is 0.131 e. The SMILES string of the molecule is Clc1cc2nc(-c3ccnc(N4CCCC4)c3)sc2cn1. The first kappa shape index (κ1) is 13.0. The molecule has 0 aliphatic carbocycles. The van der Waals surface area contributed by atoms with Crippen LogP contribution >= 0.6 is 22.9 Å². The van der Waals surface area contributed by atoms with E-state index in [4.69, 9.17) is 11.6 Å². The summed E-state index contributed by atoms with van der Waals surface area (Å²) in [5.41, 5.74) is 2.00. The molecule has 4 nitrogen and oxygen atoms in total. The van der Waals surface area contributed by atoms with Crippen molar-refractivity contribution in [3.63, 3.8) is 0 Å². The van der Waals surface area contributed by atoms with Gasteiger partial charge in [0.2, 0.25) is 0 Å². The Morgan fingerprint density at radius 1 is 1.14 bits per heavy atom. The molecule has 1 fully saturated rings. The van der Waals surface area contributed by atoms with Crippen LogP contribution in [-0.4, -0.2) is 28.0 Å². The van der Waals surface area contributed by atoms with Gasteiger partial charge in [-0.3, -0.25) is 0 Å². The first-order valence-electron chi connectivity index (χ1n) is 6.93. The zero-order valence-corrected chi connectivity index (χ0v) is 12.9. The van der Waals surface area contributed by atoms with Crippen LogP contribution in [0.2, 0.25) is 5.15 Å². The normalized spacial score (nSPS) is 15.0. The summed E-state index contributed by atoms with van der Waals surface area (Å²) in [6.07, 6.45) is 6.14. The third-order valence-corrected chi connectivity index (χ3v) is 4.93. The van der Waals surface area contributed by atoms with Crippen LogP contribution in [-0.2, 0) is 0 Å². The van der Waals surface area contributed by atoms with Gasteiger partial charge in [-0.1, -0.05) is 11.6 Å². The highest BCUT2D eigenvalue weighted by molar-refractivity contribution is 7.21. The highest BCUT2D eigenvalue weighted by Gasteiger charge is 2.15. The lowest BCUT2D eigenvalue weighted by Crippen LogP contribution is -2.18. The highest BCUT2D eigenvalue weighted by atomic mass is 35.5. The quantitative estimate of drug-likeness (QED) is 0.670. The van der Waals surface area contributed by atoms with E-state index in [2.05, 4.69) is 25.9 Å². The Labute approximate surface area is 131 Å². The van der Waals surface area contributed by atoms with Crippen molar-refractivity contribution in [3.8, 4) is 10.6 Å². The summed E-state index contributed by atoms with van der Waals surface area (Å²) in [7, 11) is 0. The van der Waals surface area contributed by atoms with Crippen LogP contribution in [0.1, 0.15) is 12.8 Å². The Kier molecular flexibility index (Phi) is 3.24. The summed E-state index contributed by atoms with van der Waals surface area (Å²) in [6.45, 7) is 2.19. The second kappa shape index (κ2) is 5.24. The van der Waals surface area contributed by atoms with E-state index in [1.807, 2.05) is 12.3 Å². The van der Waals surface area contributed by atoms with Crippen molar-refractivity contribution in [2.75, 3.05) is 18.0 Å². The Bertz CT molecular complexity index is 795. The molecule has 0 saturated carbocycles. The summed E-state index contributed by atoms with van der Waals surface area (Å²) in [5.74, 6) is 1.04. The highest BCUT2D eigenvalue weighted by Crippen LogP contribution is 2.32. The van der Waals surface area contributed by atoms with E-state index < -0.39 is 0 Å². The van der Waals surface area contributed by atoms with Gasteiger partial charge in [0.05, 0.1) is 10.2 Å². The lowest BCUT2D eigenvalue weighted by atomic mass is 10.2. The zero-order chi connectivity index (χ0) is 14.2. The third-order valence-electron chi connectivity index (χ3n) is 3.66. The molecule has 0 radical (unpaired) electrons. The van der Waals surface area contributed by atoms with Crippen LogP contribution in [0.4, 0.5) is 5.82 Å². The van der Waals surface area contributed by atoms with Gasteiger partial charge in [-0.25, -0.2) is 15.0 Å². The van der Waals surface area contributed by atoms with E-state index >= 15 is 0 Å². The third kappa shape index (κ3) is 2.47. The summed E-state index contributed by atoms with van der Waals surface area (Å²) < 4.78 is 1.05. The van der Waals surface area contributed by atoms with Crippen molar-refractivity contribution >= 4 is 39.0 Å². The number of pyridine rings is 2. The molecule has 0 atom stereocenters. The second-order valence-electron chi connectivity index (χ2n) is 5.09. The van der Waals surface area contributed by atoms with E-state index in [0.717, 1.165) is 39.7 Å². The van der Waals surface area contributed by atoms with Crippen molar-refractivity contribution in [1.82, 2.24) is 15.0 Å². The standard InChI is InChI=1S/C15H13ClN4S/c16-13-8-11-12(9-18-13)21-15(19-11)10-3-4-17-14(7-10)20-5-1-2-6-20/h3-4,7-9H,1-2,5-6H2. The van der Waals surface area contributed by atoms with Crippen LogP contribution < -0.4 is 4.90 Å². The first-order chi connectivity index (χ1) is 10.3. The number of anilines is 1.